The lowest BCUT2D eigenvalue weighted by Gasteiger charge is -2.27. The van der Waals surface area contributed by atoms with Crippen LogP contribution < -0.4 is 5.56 Å². The highest BCUT2D eigenvalue weighted by Gasteiger charge is 2.30. The van der Waals surface area contributed by atoms with Gasteiger partial charge in [-0.15, -0.1) is 0 Å². The Bertz CT molecular complexity index is 1380. The molecule has 4 aromatic rings. The summed E-state index contributed by atoms with van der Waals surface area (Å²) in [5.41, 5.74) is 3.35. The van der Waals surface area contributed by atoms with Crippen molar-refractivity contribution in [2.75, 3.05) is 6.54 Å². The Kier molecular flexibility index (Phi) is 5.57. The molecule has 0 atom stereocenters. The minimum atomic E-state index is -4.41. The van der Waals surface area contributed by atoms with Crippen LogP contribution in [0.1, 0.15) is 28.1 Å². The molecule has 6 nitrogen and oxygen atoms in total. The van der Waals surface area contributed by atoms with E-state index in [0.717, 1.165) is 29.0 Å². The number of fused-ring (bicyclic) bond motifs is 1. The third-order valence-corrected chi connectivity index (χ3v) is 6.04. The number of aromatic nitrogens is 3. The minimum absolute atomic E-state index is 0.271. The van der Waals surface area contributed by atoms with Gasteiger partial charge in [0.2, 0.25) is 0 Å². The zero-order chi connectivity index (χ0) is 23.9. The van der Waals surface area contributed by atoms with Crippen molar-refractivity contribution in [2.24, 2.45) is 0 Å². The maximum atomic E-state index is 12.9. The number of nitrogens with zero attached hydrogens (tertiary/aromatic N) is 3. The highest BCUT2D eigenvalue weighted by Crippen LogP contribution is 2.31. The first-order chi connectivity index (χ1) is 16.3. The Balaban J connectivity index is 1.38. The van der Waals surface area contributed by atoms with Gasteiger partial charge in [-0.05, 0) is 19.1 Å². The van der Waals surface area contributed by atoms with Crippen LogP contribution in [0.25, 0.3) is 22.7 Å². The van der Waals surface area contributed by atoms with Crippen LogP contribution in [-0.4, -0.2) is 26.6 Å². The molecule has 2 aromatic carbocycles. The molecule has 0 aliphatic carbocycles. The molecule has 1 aliphatic rings. The molecule has 1 N–H and O–H groups in total. The van der Waals surface area contributed by atoms with E-state index in [1.54, 1.807) is 0 Å². The number of halogens is 3. The Morgan fingerprint density at radius 2 is 1.79 bits per heavy atom. The SMILES string of the molecule is Cc1noc(-c2ccccc2)c1CN1CCc2nc(-c3ccc(C(F)(F)F)cc3)[nH]c(=O)c2C1. The predicted octanol–water partition coefficient (Wildman–Crippen LogP) is 4.98. The summed E-state index contributed by atoms with van der Waals surface area (Å²) in [7, 11) is 0. The summed E-state index contributed by atoms with van der Waals surface area (Å²) >= 11 is 0. The van der Waals surface area contributed by atoms with Crippen molar-refractivity contribution in [2.45, 2.75) is 32.6 Å². The molecule has 0 saturated carbocycles. The molecule has 0 unspecified atom stereocenters. The maximum Gasteiger partial charge on any atom is 0.416 e. The van der Waals surface area contributed by atoms with Gasteiger partial charge in [-0.2, -0.15) is 13.2 Å². The minimum Gasteiger partial charge on any atom is -0.356 e. The van der Waals surface area contributed by atoms with Gasteiger partial charge in [-0.1, -0.05) is 47.6 Å². The molecule has 0 saturated heterocycles. The maximum absolute atomic E-state index is 12.9. The Hall–Kier alpha value is -3.72. The highest BCUT2D eigenvalue weighted by atomic mass is 19.4. The van der Waals surface area contributed by atoms with Crippen LogP contribution >= 0.6 is 0 Å². The Morgan fingerprint density at radius 3 is 2.50 bits per heavy atom. The Labute approximate surface area is 193 Å². The third-order valence-electron chi connectivity index (χ3n) is 6.04. The van der Waals surface area contributed by atoms with Gasteiger partial charge in [-0.25, -0.2) is 4.98 Å². The number of benzene rings is 2. The van der Waals surface area contributed by atoms with Gasteiger partial charge in [0, 0.05) is 42.7 Å². The average molecular weight is 466 g/mol. The lowest BCUT2D eigenvalue weighted by Crippen LogP contribution is -2.35. The van der Waals surface area contributed by atoms with Gasteiger partial charge in [0.15, 0.2) is 5.76 Å². The fraction of sp³-hybridized carbons (Fsp3) is 0.240. The number of alkyl halides is 3. The van der Waals surface area contributed by atoms with Crippen LogP contribution in [0.15, 0.2) is 63.9 Å². The van der Waals surface area contributed by atoms with E-state index in [-0.39, 0.29) is 11.4 Å². The topological polar surface area (TPSA) is 75.0 Å². The van der Waals surface area contributed by atoms with E-state index in [9.17, 15) is 18.0 Å². The van der Waals surface area contributed by atoms with Gasteiger partial charge < -0.3 is 9.51 Å². The zero-order valence-corrected chi connectivity index (χ0v) is 18.3. The van der Waals surface area contributed by atoms with Crippen molar-refractivity contribution >= 4 is 0 Å². The first-order valence-corrected chi connectivity index (χ1v) is 10.8. The molecule has 34 heavy (non-hydrogen) atoms. The summed E-state index contributed by atoms with van der Waals surface area (Å²) < 4.78 is 44.1. The molecule has 1 aliphatic heterocycles. The van der Waals surface area contributed by atoms with Crippen LogP contribution in [0, 0.1) is 6.92 Å². The molecule has 9 heteroatoms. The smallest absolute Gasteiger partial charge is 0.356 e. The van der Waals surface area contributed by atoms with Gasteiger partial charge in [-0.3, -0.25) is 9.69 Å². The standard InChI is InChI=1S/C25H21F3N4O2/c1-15-19(22(34-31-15)16-5-3-2-4-6-16)13-32-12-11-21-20(14-32)24(33)30-23(29-21)17-7-9-18(10-8-17)25(26,27)28/h2-10H,11-14H2,1H3,(H,29,30,33). The van der Waals surface area contributed by atoms with Crippen molar-refractivity contribution in [1.29, 1.82) is 0 Å². The van der Waals surface area contributed by atoms with Gasteiger partial charge in [0.05, 0.1) is 22.5 Å². The second-order valence-corrected chi connectivity index (χ2v) is 8.32. The van der Waals surface area contributed by atoms with Gasteiger partial charge in [0.1, 0.15) is 5.82 Å². The number of aryl methyl sites for hydroxylation is 1. The van der Waals surface area contributed by atoms with Crippen molar-refractivity contribution < 1.29 is 17.7 Å². The molecule has 2 aromatic heterocycles. The highest BCUT2D eigenvalue weighted by molar-refractivity contribution is 5.61. The predicted molar refractivity (Wildman–Crippen MR) is 120 cm³/mol. The van der Waals surface area contributed by atoms with E-state index < -0.39 is 11.7 Å². The van der Waals surface area contributed by atoms with E-state index in [1.807, 2.05) is 37.3 Å². The number of nitrogens with one attached hydrogen (secondary N) is 1. The molecule has 0 amide bonds. The van der Waals surface area contributed by atoms with Crippen LogP contribution in [-0.2, 0) is 25.7 Å². The number of hydrogen-bond acceptors (Lipinski definition) is 5. The van der Waals surface area contributed by atoms with E-state index in [2.05, 4.69) is 20.0 Å². The number of hydrogen-bond donors (Lipinski definition) is 1. The van der Waals surface area contributed by atoms with Gasteiger partial charge >= 0.3 is 6.18 Å². The van der Waals surface area contributed by atoms with E-state index >= 15 is 0 Å². The molecule has 0 radical (unpaired) electrons. The fourth-order valence-electron chi connectivity index (χ4n) is 4.18. The molecule has 5 rings (SSSR count). The van der Waals surface area contributed by atoms with Crippen molar-refractivity contribution in [1.82, 2.24) is 20.0 Å². The first-order valence-electron chi connectivity index (χ1n) is 10.8. The summed E-state index contributed by atoms with van der Waals surface area (Å²) in [5.74, 6) is 0.987. The number of rotatable bonds is 4. The summed E-state index contributed by atoms with van der Waals surface area (Å²) in [6.45, 7) is 3.55. The molecule has 0 fully saturated rings. The molecular weight excluding hydrogens is 445 g/mol. The largest absolute Gasteiger partial charge is 0.416 e. The van der Waals surface area contributed by atoms with Crippen LogP contribution in [0.5, 0.6) is 0 Å². The van der Waals surface area contributed by atoms with Crippen molar-refractivity contribution in [3.8, 4) is 22.7 Å². The monoisotopic (exact) mass is 466 g/mol. The summed E-state index contributed by atoms with van der Waals surface area (Å²) in [6, 6.07) is 14.4. The van der Waals surface area contributed by atoms with E-state index in [0.29, 0.717) is 48.6 Å². The van der Waals surface area contributed by atoms with Gasteiger partial charge in [0.25, 0.3) is 5.56 Å². The lowest BCUT2D eigenvalue weighted by atomic mass is 10.0. The molecule has 0 bridgehead atoms. The third kappa shape index (κ3) is 4.26. The van der Waals surface area contributed by atoms with E-state index in [4.69, 9.17) is 4.52 Å². The van der Waals surface area contributed by atoms with Crippen molar-refractivity contribution in [3.05, 3.63) is 93.0 Å². The Morgan fingerprint density at radius 1 is 1.06 bits per heavy atom. The second-order valence-electron chi connectivity index (χ2n) is 8.32. The molecule has 174 valence electrons. The first kappa shape index (κ1) is 22.1. The molecular formula is C25H21F3N4O2. The van der Waals surface area contributed by atoms with Crippen LogP contribution in [0.2, 0.25) is 0 Å². The molecule has 3 heterocycles. The average Bonchev–Trinajstić information content (AvgIpc) is 3.19. The summed E-state index contributed by atoms with van der Waals surface area (Å²) in [5, 5.41) is 4.13. The fourth-order valence-corrected chi connectivity index (χ4v) is 4.18. The van der Waals surface area contributed by atoms with E-state index in [1.165, 1.54) is 12.1 Å². The van der Waals surface area contributed by atoms with Crippen LogP contribution in [0.3, 0.4) is 0 Å². The second kappa shape index (κ2) is 8.57. The normalized spacial score (nSPS) is 14.2. The number of H-pyrrole nitrogens is 1. The lowest BCUT2D eigenvalue weighted by molar-refractivity contribution is -0.137. The number of aromatic amines is 1. The summed E-state index contributed by atoms with van der Waals surface area (Å²) in [4.78, 5) is 22.3. The van der Waals surface area contributed by atoms with Crippen molar-refractivity contribution in [3.63, 3.8) is 0 Å². The zero-order valence-electron chi connectivity index (χ0n) is 18.3. The quantitative estimate of drug-likeness (QED) is 0.459. The summed E-state index contributed by atoms with van der Waals surface area (Å²) in [6.07, 6.45) is -3.86. The van der Waals surface area contributed by atoms with Crippen LogP contribution in [0.4, 0.5) is 13.2 Å². The molecule has 0 spiro atoms.